The minimum atomic E-state index is 0.887. The smallest absolute Gasteiger partial charge is 0.123 e. The Labute approximate surface area is 189 Å². The van der Waals surface area contributed by atoms with Crippen LogP contribution in [0.2, 0.25) is 0 Å². The van der Waals surface area contributed by atoms with E-state index in [2.05, 4.69) is 81.5 Å². The van der Waals surface area contributed by atoms with E-state index in [9.17, 15) is 0 Å². The molecule has 158 valence electrons. The van der Waals surface area contributed by atoms with E-state index >= 15 is 0 Å². The van der Waals surface area contributed by atoms with E-state index in [1.807, 2.05) is 0 Å². The number of nitrogens with zero attached hydrogens (tertiary/aromatic N) is 1. The zero-order valence-electron chi connectivity index (χ0n) is 17.9. The molecule has 0 aromatic heterocycles. The standard InChI is InChI=1S/C27H32BrNO/c1-30-27-15-14-25(28)18-24(27)20-29(17-16-21-8-3-2-4-9-21)19-23-12-7-11-22-10-5-6-13-26(22)23/h5-7,10-15,18,21H,2-4,8-9,16-17,19-20H2,1H3. The number of rotatable bonds is 8. The summed E-state index contributed by atoms with van der Waals surface area (Å²) < 4.78 is 6.78. The summed E-state index contributed by atoms with van der Waals surface area (Å²) in [5, 5.41) is 2.69. The van der Waals surface area contributed by atoms with Crippen molar-refractivity contribution in [3.63, 3.8) is 0 Å². The lowest BCUT2D eigenvalue weighted by atomic mass is 9.87. The molecule has 0 heterocycles. The molecule has 0 N–H and O–H groups in total. The highest BCUT2D eigenvalue weighted by Crippen LogP contribution is 2.29. The van der Waals surface area contributed by atoms with Crippen LogP contribution < -0.4 is 4.74 Å². The van der Waals surface area contributed by atoms with Gasteiger partial charge in [0.15, 0.2) is 0 Å². The second-order valence-corrected chi connectivity index (χ2v) is 9.51. The van der Waals surface area contributed by atoms with E-state index in [0.29, 0.717) is 0 Å². The number of methoxy groups -OCH3 is 1. The molecule has 1 saturated carbocycles. The average Bonchev–Trinajstić information content (AvgIpc) is 2.78. The van der Waals surface area contributed by atoms with Gasteiger partial charge in [0.1, 0.15) is 5.75 Å². The van der Waals surface area contributed by atoms with Crippen LogP contribution in [-0.2, 0) is 13.1 Å². The molecule has 1 aliphatic carbocycles. The first kappa shape index (κ1) is 21.4. The summed E-state index contributed by atoms with van der Waals surface area (Å²) >= 11 is 3.64. The summed E-state index contributed by atoms with van der Waals surface area (Å²) in [6, 6.07) is 21.7. The highest BCUT2D eigenvalue weighted by atomic mass is 79.9. The van der Waals surface area contributed by atoms with Crippen LogP contribution in [0.3, 0.4) is 0 Å². The normalized spacial score (nSPS) is 15.0. The Morgan fingerprint density at radius 2 is 1.67 bits per heavy atom. The summed E-state index contributed by atoms with van der Waals surface area (Å²) in [4.78, 5) is 2.61. The van der Waals surface area contributed by atoms with Gasteiger partial charge >= 0.3 is 0 Å². The lowest BCUT2D eigenvalue weighted by molar-refractivity contribution is 0.216. The molecule has 0 spiro atoms. The molecule has 0 bridgehead atoms. The molecule has 0 unspecified atom stereocenters. The van der Waals surface area contributed by atoms with Crippen molar-refractivity contribution in [3.05, 3.63) is 76.3 Å². The monoisotopic (exact) mass is 465 g/mol. The van der Waals surface area contributed by atoms with Crippen LogP contribution in [0.15, 0.2) is 65.1 Å². The minimum Gasteiger partial charge on any atom is -0.496 e. The molecule has 1 aliphatic rings. The Kier molecular flexibility index (Phi) is 7.46. The topological polar surface area (TPSA) is 12.5 Å². The molecule has 0 amide bonds. The van der Waals surface area contributed by atoms with Crippen LogP contribution in [0.5, 0.6) is 5.75 Å². The molecule has 2 nitrogen and oxygen atoms in total. The summed E-state index contributed by atoms with van der Waals surface area (Å²) in [5.74, 6) is 1.86. The maximum Gasteiger partial charge on any atom is 0.123 e. The van der Waals surface area contributed by atoms with Crippen molar-refractivity contribution >= 4 is 26.7 Å². The van der Waals surface area contributed by atoms with Gasteiger partial charge in [-0.3, -0.25) is 4.90 Å². The Morgan fingerprint density at radius 1 is 0.900 bits per heavy atom. The molecule has 0 radical (unpaired) electrons. The van der Waals surface area contributed by atoms with Gasteiger partial charge in [0, 0.05) is 23.1 Å². The number of hydrogen-bond acceptors (Lipinski definition) is 2. The molecule has 0 saturated heterocycles. The lowest BCUT2D eigenvalue weighted by Crippen LogP contribution is -2.26. The second kappa shape index (κ2) is 10.5. The van der Waals surface area contributed by atoms with Crippen LogP contribution in [0, 0.1) is 5.92 Å². The van der Waals surface area contributed by atoms with Gasteiger partial charge in [-0.1, -0.05) is 90.5 Å². The molecule has 0 aliphatic heterocycles. The highest BCUT2D eigenvalue weighted by Gasteiger charge is 2.17. The Morgan fingerprint density at radius 3 is 2.50 bits per heavy atom. The molecular weight excluding hydrogens is 434 g/mol. The molecular formula is C27H32BrNO. The zero-order valence-corrected chi connectivity index (χ0v) is 19.5. The predicted octanol–water partition coefficient (Wildman–Crippen LogP) is 7.58. The van der Waals surface area contributed by atoms with Gasteiger partial charge in [-0.05, 0) is 53.4 Å². The molecule has 1 fully saturated rings. The van der Waals surface area contributed by atoms with Gasteiger partial charge in [-0.25, -0.2) is 0 Å². The van der Waals surface area contributed by atoms with Crippen molar-refractivity contribution in [1.29, 1.82) is 0 Å². The molecule has 3 heteroatoms. The zero-order chi connectivity index (χ0) is 20.8. The Balaban J connectivity index is 1.57. The highest BCUT2D eigenvalue weighted by molar-refractivity contribution is 9.10. The molecule has 4 rings (SSSR count). The Hall–Kier alpha value is -1.84. The largest absolute Gasteiger partial charge is 0.496 e. The molecule has 30 heavy (non-hydrogen) atoms. The summed E-state index contributed by atoms with van der Waals surface area (Å²) in [5.41, 5.74) is 2.65. The van der Waals surface area contributed by atoms with Crippen molar-refractivity contribution in [2.75, 3.05) is 13.7 Å². The van der Waals surface area contributed by atoms with E-state index < -0.39 is 0 Å². The van der Waals surface area contributed by atoms with Crippen LogP contribution >= 0.6 is 15.9 Å². The van der Waals surface area contributed by atoms with E-state index in [1.54, 1.807) is 7.11 Å². The maximum absolute atomic E-state index is 5.67. The van der Waals surface area contributed by atoms with Crippen molar-refractivity contribution in [2.45, 2.75) is 51.6 Å². The van der Waals surface area contributed by atoms with Crippen LogP contribution in [0.4, 0.5) is 0 Å². The van der Waals surface area contributed by atoms with Gasteiger partial charge in [-0.2, -0.15) is 0 Å². The fourth-order valence-corrected chi connectivity index (χ4v) is 5.25. The van der Waals surface area contributed by atoms with Crippen LogP contribution in [0.25, 0.3) is 10.8 Å². The van der Waals surface area contributed by atoms with Crippen LogP contribution in [0.1, 0.15) is 49.7 Å². The quantitative estimate of drug-likeness (QED) is 0.339. The third-order valence-corrected chi connectivity index (χ3v) is 6.98. The third-order valence-electron chi connectivity index (χ3n) is 6.49. The summed E-state index contributed by atoms with van der Waals surface area (Å²) in [6.45, 7) is 2.99. The average molecular weight is 466 g/mol. The molecule has 0 atom stereocenters. The van der Waals surface area contributed by atoms with Crippen LogP contribution in [-0.4, -0.2) is 18.6 Å². The fourth-order valence-electron chi connectivity index (χ4n) is 4.84. The van der Waals surface area contributed by atoms with Gasteiger partial charge < -0.3 is 4.74 Å². The predicted molar refractivity (Wildman–Crippen MR) is 130 cm³/mol. The first-order chi connectivity index (χ1) is 14.7. The first-order valence-corrected chi connectivity index (χ1v) is 12.0. The lowest BCUT2D eigenvalue weighted by Gasteiger charge is -2.28. The first-order valence-electron chi connectivity index (χ1n) is 11.2. The SMILES string of the molecule is COc1ccc(Br)cc1CN(CCC1CCCCC1)Cc1cccc2ccccc12. The van der Waals surface area contributed by atoms with E-state index in [0.717, 1.165) is 35.8 Å². The number of halogens is 1. The van der Waals surface area contributed by atoms with Crippen molar-refractivity contribution in [2.24, 2.45) is 5.92 Å². The third kappa shape index (κ3) is 5.44. The van der Waals surface area contributed by atoms with Crippen molar-refractivity contribution in [1.82, 2.24) is 4.90 Å². The summed E-state index contributed by atoms with van der Waals surface area (Å²) in [6.07, 6.45) is 8.35. The van der Waals surface area contributed by atoms with E-state index in [1.165, 1.54) is 60.4 Å². The minimum absolute atomic E-state index is 0.887. The van der Waals surface area contributed by atoms with E-state index in [4.69, 9.17) is 4.74 Å². The number of fused-ring (bicyclic) bond motifs is 1. The van der Waals surface area contributed by atoms with Gasteiger partial charge in [0.25, 0.3) is 0 Å². The molecule has 3 aromatic carbocycles. The Bertz CT molecular complexity index is 959. The summed E-state index contributed by atoms with van der Waals surface area (Å²) in [7, 11) is 1.77. The van der Waals surface area contributed by atoms with Crippen molar-refractivity contribution < 1.29 is 4.74 Å². The van der Waals surface area contributed by atoms with Gasteiger partial charge in [-0.15, -0.1) is 0 Å². The van der Waals surface area contributed by atoms with Crippen molar-refractivity contribution in [3.8, 4) is 5.75 Å². The number of hydrogen-bond donors (Lipinski definition) is 0. The fraction of sp³-hybridized carbons (Fsp3) is 0.407. The molecule has 3 aromatic rings. The number of ether oxygens (including phenoxy) is 1. The number of benzene rings is 3. The van der Waals surface area contributed by atoms with Gasteiger partial charge in [0.05, 0.1) is 7.11 Å². The van der Waals surface area contributed by atoms with Gasteiger partial charge in [0.2, 0.25) is 0 Å². The van der Waals surface area contributed by atoms with E-state index in [-0.39, 0.29) is 0 Å². The maximum atomic E-state index is 5.67. The second-order valence-electron chi connectivity index (χ2n) is 8.60.